The van der Waals surface area contributed by atoms with Crippen LogP contribution in [0.3, 0.4) is 0 Å². The van der Waals surface area contributed by atoms with Crippen LogP contribution in [0, 0.1) is 5.82 Å². The summed E-state index contributed by atoms with van der Waals surface area (Å²) in [7, 11) is 0. The number of hydrogen-bond donors (Lipinski definition) is 1. The first-order chi connectivity index (χ1) is 9.70. The van der Waals surface area contributed by atoms with E-state index in [-0.39, 0.29) is 11.9 Å². The van der Waals surface area contributed by atoms with Crippen LogP contribution in [0.15, 0.2) is 53.0 Å². The van der Waals surface area contributed by atoms with Crippen LogP contribution in [0.2, 0.25) is 0 Å². The number of halogens is 2. The molecule has 0 saturated carbocycles. The summed E-state index contributed by atoms with van der Waals surface area (Å²) in [5.41, 5.74) is 1.09. The van der Waals surface area contributed by atoms with E-state index in [1.165, 1.54) is 12.1 Å². The smallest absolute Gasteiger partial charge is 0.136 e. The Bertz CT molecular complexity index is 547. The van der Waals surface area contributed by atoms with Crippen molar-refractivity contribution in [3.05, 3.63) is 64.4 Å². The van der Waals surface area contributed by atoms with Crippen LogP contribution in [0.25, 0.3) is 0 Å². The molecule has 2 nitrogen and oxygen atoms in total. The standard InChI is InChI=1S/C16H17BrFNO/c1-2-19-11-16(12-6-4-3-5-7-12)20-15-9-8-13(18)10-14(15)17/h3-10,16,19H,2,11H2,1H3. The van der Waals surface area contributed by atoms with Crippen molar-refractivity contribution in [3.8, 4) is 5.75 Å². The van der Waals surface area contributed by atoms with Crippen molar-refractivity contribution >= 4 is 15.9 Å². The molecular weight excluding hydrogens is 321 g/mol. The molecule has 0 aromatic heterocycles. The van der Waals surface area contributed by atoms with Crippen LogP contribution in [0.4, 0.5) is 4.39 Å². The van der Waals surface area contributed by atoms with Crippen LogP contribution in [-0.2, 0) is 0 Å². The first kappa shape index (κ1) is 15.0. The highest BCUT2D eigenvalue weighted by atomic mass is 79.9. The van der Waals surface area contributed by atoms with Gasteiger partial charge < -0.3 is 10.1 Å². The molecule has 2 aromatic carbocycles. The summed E-state index contributed by atoms with van der Waals surface area (Å²) in [5, 5.41) is 3.28. The average molecular weight is 338 g/mol. The minimum absolute atomic E-state index is 0.113. The summed E-state index contributed by atoms with van der Waals surface area (Å²) in [6.45, 7) is 3.62. The second-order valence-corrected chi connectivity index (χ2v) is 5.25. The van der Waals surface area contributed by atoms with E-state index in [1.807, 2.05) is 30.3 Å². The molecule has 0 fully saturated rings. The van der Waals surface area contributed by atoms with Gasteiger partial charge in [0.1, 0.15) is 17.7 Å². The molecule has 0 radical (unpaired) electrons. The first-order valence-electron chi connectivity index (χ1n) is 6.58. The zero-order chi connectivity index (χ0) is 14.4. The van der Waals surface area contributed by atoms with E-state index in [4.69, 9.17) is 4.74 Å². The highest BCUT2D eigenvalue weighted by Crippen LogP contribution is 2.29. The topological polar surface area (TPSA) is 21.3 Å². The lowest BCUT2D eigenvalue weighted by atomic mass is 10.1. The normalized spacial score (nSPS) is 12.2. The van der Waals surface area contributed by atoms with Gasteiger partial charge in [-0.15, -0.1) is 0 Å². The second kappa shape index (κ2) is 7.41. The molecule has 106 valence electrons. The third-order valence-electron chi connectivity index (χ3n) is 2.91. The van der Waals surface area contributed by atoms with Gasteiger partial charge in [-0.05, 0) is 46.2 Å². The van der Waals surface area contributed by atoms with Crippen molar-refractivity contribution in [2.24, 2.45) is 0 Å². The second-order valence-electron chi connectivity index (χ2n) is 4.40. The van der Waals surface area contributed by atoms with Crippen molar-refractivity contribution in [3.63, 3.8) is 0 Å². The van der Waals surface area contributed by atoms with Crippen LogP contribution in [0.1, 0.15) is 18.6 Å². The summed E-state index contributed by atoms with van der Waals surface area (Å²) in [6.07, 6.45) is -0.113. The Hall–Kier alpha value is -1.39. The Morgan fingerprint density at radius 1 is 1.20 bits per heavy atom. The van der Waals surface area contributed by atoms with Crippen LogP contribution < -0.4 is 10.1 Å². The van der Waals surface area contributed by atoms with E-state index in [9.17, 15) is 4.39 Å². The number of benzene rings is 2. The maximum atomic E-state index is 13.1. The fraction of sp³-hybridized carbons (Fsp3) is 0.250. The largest absolute Gasteiger partial charge is 0.483 e. The summed E-state index contributed by atoms with van der Waals surface area (Å²) < 4.78 is 19.7. The van der Waals surface area contributed by atoms with E-state index in [2.05, 4.69) is 28.2 Å². The minimum atomic E-state index is -0.285. The summed E-state index contributed by atoms with van der Waals surface area (Å²) in [5.74, 6) is 0.352. The fourth-order valence-corrected chi connectivity index (χ4v) is 2.34. The van der Waals surface area contributed by atoms with Gasteiger partial charge in [0.25, 0.3) is 0 Å². The number of hydrogen-bond acceptors (Lipinski definition) is 2. The average Bonchev–Trinajstić information content (AvgIpc) is 2.46. The van der Waals surface area contributed by atoms with Gasteiger partial charge in [0, 0.05) is 6.54 Å². The molecule has 1 N–H and O–H groups in total. The summed E-state index contributed by atoms with van der Waals surface area (Å²) in [6, 6.07) is 14.4. The summed E-state index contributed by atoms with van der Waals surface area (Å²) in [4.78, 5) is 0. The molecule has 4 heteroatoms. The van der Waals surface area contributed by atoms with Gasteiger partial charge in [-0.3, -0.25) is 0 Å². The maximum absolute atomic E-state index is 13.1. The van der Waals surface area contributed by atoms with Gasteiger partial charge in [-0.25, -0.2) is 4.39 Å². The highest BCUT2D eigenvalue weighted by molar-refractivity contribution is 9.10. The zero-order valence-corrected chi connectivity index (χ0v) is 12.9. The van der Waals surface area contributed by atoms with Crippen LogP contribution >= 0.6 is 15.9 Å². The lowest BCUT2D eigenvalue weighted by Crippen LogP contribution is -2.25. The van der Waals surface area contributed by atoms with Gasteiger partial charge in [-0.1, -0.05) is 37.3 Å². The SMILES string of the molecule is CCNCC(Oc1ccc(F)cc1Br)c1ccccc1. The predicted octanol–water partition coefficient (Wildman–Crippen LogP) is 4.32. The molecule has 0 aliphatic heterocycles. The van der Waals surface area contributed by atoms with E-state index in [0.29, 0.717) is 16.8 Å². The maximum Gasteiger partial charge on any atom is 0.136 e. The monoisotopic (exact) mass is 337 g/mol. The van der Waals surface area contributed by atoms with Gasteiger partial charge in [0.2, 0.25) is 0 Å². The van der Waals surface area contributed by atoms with Gasteiger partial charge in [0.15, 0.2) is 0 Å². The Kier molecular flexibility index (Phi) is 5.56. The Balaban J connectivity index is 2.19. The molecule has 0 bridgehead atoms. The highest BCUT2D eigenvalue weighted by Gasteiger charge is 2.14. The predicted molar refractivity (Wildman–Crippen MR) is 82.5 cm³/mol. The molecule has 0 amide bonds. The molecule has 20 heavy (non-hydrogen) atoms. The van der Waals surface area contributed by atoms with E-state index in [0.717, 1.165) is 12.1 Å². The third-order valence-corrected chi connectivity index (χ3v) is 3.53. The van der Waals surface area contributed by atoms with Crippen molar-refractivity contribution < 1.29 is 9.13 Å². The number of ether oxygens (including phenoxy) is 1. The van der Waals surface area contributed by atoms with Gasteiger partial charge in [0.05, 0.1) is 4.47 Å². The van der Waals surface area contributed by atoms with Crippen LogP contribution in [0.5, 0.6) is 5.75 Å². The molecule has 1 atom stereocenters. The van der Waals surface area contributed by atoms with Gasteiger partial charge in [-0.2, -0.15) is 0 Å². The molecule has 2 aromatic rings. The third kappa shape index (κ3) is 4.05. The number of nitrogens with one attached hydrogen (secondary N) is 1. The van der Waals surface area contributed by atoms with E-state index >= 15 is 0 Å². The van der Waals surface area contributed by atoms with Crippen molar-refractivity contribution in [2.75, 3.05) is 13.1 Å². The van der Waals surface area contributed by atoms with Gasteiger partial charge >= 0.3 is 0 Å². The Morgan fingerprint density at radius 2 is 1.95 bits per heavy atom. The molecule has 0 aliphatic rings. The fourth-order valence-electron chi connectivity index (χ4n) is 1.89. The van der Waals surface area contributed by atoms with E-state index in [1.54, 1.807) is 6.07 Å². The molecule has 0 saturated heterocycles. The quantitative estimate of drug-likeness (QED) is 0.847. The molecule has 2 rings (SSSR count). The Labute approximate surface area is 127 Å². The van der Waals surface area contributed by atoms with Crippen LogP contribution in [-0.4, -0.2) is 13.1 Å². The van der Waals surface area contributed by atoms with Crippen molar-refractivity contribution in [1.29, 1.82) is 0 Å². The molecule has 0 spiro atoms. The molecular formula is C16H17BrFNO. The van der Waals surface area contributed by atoms with Crippen molar-refractivity contribution in [2.45, 2.75) is 13.0 Å². The first-order valence-corrected chi connectivity index (χ1v) is 7.37. The molecule has 0 heterocycles. The number of likely N-dealkylation sites (N-methyl/N-ethyl adjacent to an activating group) is 1. The lowest BCUT2D eigenvalue weighted by molar-refractivity contribution is 0.201. The minimum Gasteiger partial charge on any atom is -0.483 e. The molecule has 0 aliphatic carbocycles. The molecule has 1 unspecified atom stereocenters. The summed E-state index contributed by atoms with van der Waals surface area (Å²) >= 11 is 3.33. The Morgan fingerprint density at radius 3 is 2.60 bits per heavy atom. The van der Waals surface area contributed by atoms with E-state index < -0.39 is 0 Å². The number of rotatable bonds is 6. The van der Waals surface area contributed by atoms with Crippen molar-refractivity contribution in [1.82, 2.24) is 5.32 Å². The lowest BCUT2D eigenvalue weighted by Gasteiger charge is -2.20. The zero-order valence-electron chi connectivity index (χ0n) is 11.3.